The minimum absolute atomic E-state index is 0.119. The molecule has 0 amide bonds. The van der Waals surface area contributed by atoms with Crippen LogP contribution in [0, 0.1) is 11.8 Å². The molecule has 0 radical (unpaired) electrons. The van der Waals surface area contributed by atoms with Crippen LogP contribution >= 0.6 is 15.0 Å². The number of nitrogens with zero attached hydrogens (tertiary/aromatic N) is 2. The second-order valence-electron chi connectivity index (χ2n) is 15.8. The maximum atomic E-state index is 15.9. The number of aliphatic hydroxyl groups excluding tert-OH is 2. The summed E-state index contributed by atoms with van der Waals surface area (Å²) < 4.78 is 90.5. The summed E-state index contributed by atoms with van der Waals surface area (Å²) in [6, 6.07) is 1.80. The fourth-order valence-corrected chi connectivity index (χ4v) is 8.95. The normalized spacial score (nSPS) is 29.8. The van der Waals surface area contributed by atoms with Crippen molar-refractivity contribution < 1.29 is 75.3 Å². The van der Waals surface area contributed by atoms with Crippen LogP contribution in [0.15, 0.2) is 43.7 Å². The van der Waals surface area contributed by atoms with E-state index in [0.717, 1.165) is 27.5 Å². The standard InChI is InChI=1S/C18H29FN3O7P.C15H25FN3O7P.2CO2/c1-10(2)11(3)21-30(6,25)26-9-18(19)14-13(27-17(4,5)28-14)15(29-18)22-8-7-12(23)20-16(22)24;1-8(2)9(3)18-27(4,24)25-7-15(16)12(22)11(21)13(26-15)19-6-5-10(20)17-14(19)23;2*2-1-3/h7-8,10-11,13-15H,9H2,1-6H3,(H,21,25)(H,20,23,24);5-6,8-9,11-13,21-22H,7H2,1-4H3,(H,18,24)(H,17,20,23);;/t11-,13-,14?,15+,18+,30?;9-,11-,12?,13+,15+,27?;;/m00../s1. The number of fused-ring (bicyclic) bond motifs is 1. The van der Waals surface area contributed by atoms with Crippen LogP contribution in [-0.4, -0.2) is 122 Å². The van der Waals surface area contributed by atoms with E-state index in [-0.39, 0.29) is 36.2 Å². The van der Waals surface area contributed by atoms with Crippen molar-refractivity contribution in [2.75, 3.05) is 26.5 Å². The molecule has 3 fully saturated rings. The lowest BCUT2D eigenvalue weighted by atomic mass is 10.1. The van der Waals surface area contributed by atoms with E-state index in [1.807, 2.05) is 39.6 Å². The number of hydrogen-bond acceptors (Lipinski definition) is 18. The van der Waals surface area contributed by atoms with Gasteiger partial charge in [0.25, 0.3) is 37.9 Å². The predicted molar refractivity (Wildman–Crippen MR) is 210 cm³/mol. The van der Waals surface area contributed by atoms with Crippen LogP contribution in [0.3, 0.4) is 0 Å². The van der Waals surface area contributed by atoms with Crippen LogP contribution in [0.4, 0.5) is 8.78 Å². The first-order valence-corrected chi connectivity index (χ1v) is 23.1. The highest BCUT2D eigenvalue weighted by Gasteiger charge is 2.65. The Balaban J connectivity index is 0.000000387. The smallest absolute Gasteiger partial charge is 0.373 e. The predicted octanol–water partition coefficient (Wildman–Crippen LogP) is 0.485. The largest absolute Gasteiger partial charge is 0.385 e. The molecule has 28 heteroatoms. The third kappa shape index (κ3) is 15.1. The zero-order chi connectivity index (χ0) is 48.5. The third-order valence-corrected chi connectivity index (χ3v) is 12.7. The van der Waals surface area contributed by atoms with Crippen molar-refractivity contribution in [2.45, 2.75) is 122 Å². The molecule has 24 nitrogen and oxygen atoms in total. The molecule has 5 rings (SSSR count). The van der Waals surface area contributed by atoms with E-state index in [1.165, 1.54) is 19.5 Å². The minimum atomic E-state index is -3.43. The number of aromatic amines is 2. The zero-order valence-electron chi connectivity index (χ0n) is 36.0. The molecule has 0 aromatic carbocycles. The lowest BCUT2D eigenvalue weighted by Crippen LogP contribution is -2.43. The fourth-order valence-electron chi connectivity index (χ4n) is 5.88. The quantitative estimate of drug-likeness (QED) is 0.140. The van der Waals surface area contributed by atoms with Gasteiger partial charge in [-0.1, -0.05) is 27.7 Å². The highest BCUT2D eigenvalue weighted by Crippen LogP contribution is 2.51. The fraction of sp³-hybridized carbons (Fsp3) is 0.714. The molecule has 0 saturated carbocycles. The molecule has 0 bridgehead atoms. The SMILES string of the molecule is CC(C)[C@H](C)NP(C)(=O)OC[C@@]1(F)O[C@@H](n2ccc(=O)[nH]c2=O)[C@@H](O)C1O.CC(C)[C@H](C)NP(C)(=O)OC[C@@]1(F)O[C@@H](n2ccc(=O)[nH]c2=O)[C@H]2OC(C)(C)OC21.O=C=O.O=C=O. The number of hydrogen-bond donors (Lipinski definition) is 6. The number of halogens is 2. The lowest BCUT2D eigenvalue weighted by Gasteiger charge is -2.30. The Morgan fingerprint density at radius 1 is 0.730 bits per heavy atom. The van der Waals surface area contributed by atoms with E-state index in [4.69, 9.17) is 47.2 Å². The molecular formula is C35H54F2N6O18P2. The Morgan fingerprint density at radius 2 is 1.11 bits per heavy atom. The lowest BCUT2D eigenvalue weighted by molar-refractivity contribution is -0.263. The van der Waals surface area contributed by atoms with Gasteiger partial charge in [0.1, 0.15) is 31.5 Å². The Morgan fingerprint density at radius 3 is 1.51 bits per heavy atom. The van der Waals surface area contributed by atoms with Crippen molar-refractivity contribution >= 4 is 27.3 Å². The summed E-state index contributed by atoms with van der Waals surface area (Å²) in [5.74, 6) is -6.24. The summed E-state index contributed by atoms with van der Waals surface area (Å²) in [7, 11) is -6.79. The molecule has 12 atom stereocenters. The van der Waals surface area contributed by atoms with Crippen molar-refractivity contribution in [1.29, 1.82) is 0 Å². The molecule has 4 unspecified atom stereocenters. The summed E-state index contributed by atoms with van der Waals surface area (Å²) in [6.07, 6.45) is -6.23. The second-order valence-corrected chi connectivity index (χ2v) is 20.2. The number of aliphatic hydroxyl groups is 2. The second kappa shape index (κ2) is 22.3. The topological polar surface area (TPSA) is 332 Å². The van der Waals surface area contributed by atoms with Gasteiger partial charge >= 0.3 is 23.7 Å². The molecule has 0 aliphatic carbocycles. The van der Waals surface area contributed by atoms with Crippen LogP contribution in [-0.2, 0) is 56.3 Å². The number of rotatable bonds is 14. The Hall–Kier alpha value is -3.96. The van der Waals surface area contributed by atoms with E-state index in [2.05, 4.69) is 15.2 Å². The van der Waals surface area contributed by atoms with Crippen molar-refractivity contribution in [3.63, 3.8) is 0 Å². The van der Waals surface area contributed by atoms with Crippen LogP contribution < -0.4 is 32.7 Å². The summed E-state index contributed by atoms with van der Waals surface area (Å²) in [5, 5.41) is 25.7. The van der Waals surface area contributed by atoms with E-state index in [1.54, 1.807) is 20.8 Å². The molecule has 6 N–H and O–H groups in total. The van der Waals surface area contributed by atoms with Gasteiger partial charge in [-0.15, -0.1) is 0 Å². The van der Waals surface area contributed by atoms with Crippen LogP contribution in [0.2, 0.25) is 0 Å². The van der Waals surface area contributed by atoms with Crippen molar-refractivity contribution in [3.05, 3.63) is 66.2 Å². The van der Waals surface area contributed by atoms with Gasteiger partial charge in [0.05, 0.1) is 0 Å². The van der Waals surface area contributed by atoms with Gasteiger partial charge in [0, 0.05) is 49.9 Å². The number of ether oxygens (including phenoxy) is 4. The number of aromatic nitrogens is 4. The summed E-state index contributed by atoms with van der Waals surface area (Å²) in [4.78, 5) is 83.1. The van der Waals surface area contributed by atoms with Gasteiger partial charge in [-0.3, -0.25) is 37.8 Å². The summed E-state index contributed by atoms with van der Waals surface area (Å²) >= 11 is 0. The van der Waals surface area contributed by atoms with Gasteiger partial charge < -0.3 is 38.2 Å². The molecule has 2 aromatic rings. The Labute approximate surface area is 357 Å². The highest BCUT2D eigenvalue weighted by atomic mass is 31.2. The molecule has 3 aliphatic rings. The summed E-state index contributed by atoms with van der Waals surface area (Å²) in [6.45, 7) is 15.6. The molecule has 5 heterocycles. The molecule has 0 spiro atoms. The Kier molecular flexibility index (Phi) is 19.5. The van der Waals surface area contributed by atoms with Gasteiger partial charge in [-0.25, -0.2) is 28.5 Å². The van der Waals surface area contributed by atoms with E-state index >= 15 is 8.78 Å². The summed E-state index contributed by atoms with van der Waals surface area (Å²) in [5.41, 5.74) is -3.01. The van der Waals surface area contributed by atoms with E-state index in [9.17, 15) is 38.5 Å². The van der Waals surface area contributed by atoms with Gasteiger partial charge in [-0.2, -0.15) is 19.2 Å². The first-order chi connectivity index (χ1) is 28.9. The minimum Gasteiger partial charge on any atom is -0.385 e. The van der Waals surface area contributed by atoms with Crippen molar-refractivity contribution in [1.82, 2.24) is 29.3 Å². The number of nitrogens with one attached hydrogen (secondary N) is 4. The number of alkyl halides is 2. The number of carbonyl (C=O) groups excluding carboxylic acids is 4. The monoisotopic (exact) mass is 946 g/mol. The average Bonchev–Trinajstić information content (AvgIpc) is 3.71. The van der Waals surface area contributed by atoms with Gasteiger partial charge in [-0.05, 0) is 39.5 Å². The first kappa shape index (κ1) is 55.2. The molecule has 3 aliphatic heterocycles. The molecular weight excluding hydrogens is 892 g/mol. The average molecular weight is 947 g/mol. The van der Waals surface area contributed by atoms with Gasteiger partial charge in [0.15, 0.2) is 24.3 Å². The molecule has 356 valence electrons. The van der Waals surface area contributed by atoms with Crippen LogP contribution in [0.25, 0.3) is 0 Å². The molecule has 63 heavy (non-hydrogen) atoms. The van der Waals surface area contributed by atoms with E-state index in [0.29, 0.717) is 0 Å². The van der Waals surface area contributed by atoms with E-state index < -0.39 is 105 Å². The van der Waals surface area contributed by atoms with Crippen LogP contribution in [0.5, 0.6) is 0 Å². The van der Waals surface area contributed by atoms with Crippen molar-refractivity contribution in [3.8, 4) is 0 Å². The maximum Gasteiger partial charge on any atom is 0.373 e. The zero-order valence-corrected chi connectivity index (χ0v) is 37.8. The first-order valence-electron chi connectivity index (χ1n) is 19.0. The number of H-pyrrole nitrogens is 2. The Bertz CT molecular complexity index is 2250. The molecule has 2 aromatic heterocycles. The third-order valence-electron chi connectivity index (χ3n) is 9.67. The van der Waals surface area contributed by atoms with Crippen molar-refractivity contribution in [2.24, 2.45) is 11.8 Å². The maximum absolute atomic E-state index is 15.9. The highest BCUT2D eigenvalue weighted by molar-refractivity contribution is 7.56. The van der Waals surface area contributed by atoms with Crippen LogP contribution in [0.1, 0.15) is 67.8 Å². The van der Waals surface area contributed by atoms with Gasteiger partial charge in [0.2, 0.25) is 0 Å². The molecule has 3 saturated heterocycles.